The number of hydrogen-bond donors (Lipinski definition) is 1. The van der Waals surface area contributed by atoms with E-state index in [0.29, 0.717) is 12.6 Å². The van der Waals surface area contributed by atoms with Crippen molar-refractivity contribution < 1.29 is 4.79 Å². The molecule has 2 amide bonds. The monoisotopic (exact) mass is 301 g/mol. The van der Waals surface area contributed by atoms with E-state index in [2.05, 4.69) is 31.0 Å². The molecule has 0 unspecified atom stereocenters. The molecule has 0 radical (unpaired) electrons. The molecule has 20 heavy (non-hydrogen) atoms. The van der Waals surface area contributed by atoms with Crippen LogP contribution in [0.3, 0.4) is 0 Å². The van der Waals surface area contributed by atoms with Crippen LogP contribution >= 0.6 is 11.8 Å². The summed E-state index contributed by atoms with van der Waals surface area (Å²) in [5.41, 5.74) is -0.0211. The number of hydrogen-bond acceptors (Lipinski definition) is 3. The van der Waals surface area contributed by atoms with E-state index in [9.17, 15) is 4.79 Å². The smallest absolute Gasteiger partial charge is 0.317 e. The SMILES string of the molecule is CCS[C@@H]1CC[C@H](N(C)C(=O)NCC(C)(C)N(C)C)C1. The Labute approximate surface area is 128 Å². The summed E-state index contributed by atoms with van der Waals surface area (Å²) >= 11 is 2.03. The zero-order valence-electron chi connectivity index (χ0n) is 13.9. The van der Waals surface area contributed by atoms with E-state index < -0.39 is 0 Å². The fraction of sp³-hybridized carbons (Fsp3) is 0.933. The molecule has 0 bridgehead atoms. The van der Waals surface area contributed by atoms with E-state index in [-0.39, 0.29) is 11.6 Å². The van der Waals surface area contributed by atoms with Crippen LogP contribution in [0.1, 0.15) is 40.0 Å². The van der Waals surface area contributed by atoms with E-state index in [1.807, 2.05) is 37.8 Å². The number of nitrogens with one attached hydrogen (secondary N) is 1. The molecule has 1 rings (SSSR count). The predicted octanol–water partition coefficient (Wildman–Crippen LogP) is 2.64. The summed E-state index contributed by atoms with van der Waals surface area (Å²) < 4.78 is 0. The molecule has 0 aromatic carbocycles. The van der Waals surface area contributed by atoms with Crippen LogP contribution in [0.4, 0.5) is 4.79 Å². The second-order valence-electron chi connectivity index (χ2n) is 6.52. The third-order valence-electron chi connectivity index (χ3n) is 4.51. The first-order valence-electron chi connectivity index (χ1n) is 7.57. The molecule has 0 aliphatic heterocycles. The highest BCUT2D eigenvalue weighted by molar-refractivity contribution is 7.99. The normalized spacial score (nSPS) is 23.1. The summed E-state index contributed by atoms with van der Waals surface area (Å²) in [6.45, 7) is 7.15. The van der Waals surface area contributed by atoms with Crippen molar-refractivity contribution in [2.75, 3.05) is 33.4 Å². The molecule has 5 heteroatoms. The van der Waals surface area contributed by atoms with E-state index >= 15 is 0 Å². The van der Waals surface area contributed by atoms with Crippen molar-refractivity contribution in [3.05, 3.63) is 0 Å². The van der Waals surface area contributed by atoms with Crippen LogP contribution in [0.15, 0.2) is 0 Å². The van der Waals surface area contributed by atoms with Gasteiger partial charge in [-0.25, -0.2) is 4.79 Å². The highest BCUT2D eigenvalue weighted by Crippen LogP contribution is 2.32. The van der Waals surface area contributed by atoms with Gasteiger partial charge in [0, 0.05) is 30.4 Å². The minimum absolute atomic E-state index is 0.0211. The highest BCUT2D eigenvalue weighted by atomic mass is 32.2. The first-order valence-corrected chi connectivity index (χ1v) is 8.62. The van der Waals surface area contributed by atoms with E-state index in [0.717, 1.165) is 18.1 Å². The minimum Gasteiger partial charge on any atom is -0.336 e. The van der Waals surface area contributed by atoms with Gasteiger partial charge >= 0.3 is 6.03 Å². The van der Waals surface area contributed by atoms with Crippen molar-refractivity contribution in [2.45, 2.75) is 56.9 Å². The summed E-state index contributed by atoms with van der Waals surface area (Å²) in [5, 5.41) is 3.80. The largest absolute Gasteiger partial charge is 0.336 e. The molecule has 1 saturated carbocycles. The Balaban J connectivity index is 2.40. The molecule has 1 N–H and O–H groups in total. The third-order valence-corrected chi connectivity index (χ3v) is 5.74. The summed E-state index contributed by atoms with van der Waals surface area (Å²) in [6, 6.07) is 0.466. The Hall–Kier alpha value is -0.420. The van der Waals surface area contributed by atoms with Crippen LogP contribution in [-0.4, -0.2) is 66.1 Å². The molecule has 0 spiro atoms. The number of urea groups is 1. The number of likely N-dealkylation sites (N-methyl/N-ethyl adjacent to an activating group) is 1. The van der Waals surface area contributed by atoms with E-state index in [1.54, 1.807) is 0 Å². The lowest BCUT2D eigenvalue weighted by molar-refractivity contribution is 0.166. The quantitative estimate of drug-likeness (QED) is 0.819. The summed E-state index contributed by atoms with van der Waals surface area (Å²) in [7, 11) is 6.01. The predicted molar refractivity (Wildman–Crippen MR) is 88.5 cm³/mol. The van der Waals surface area contributed by atoms with Gasteiger partial charge in [0.25, 0.3) is 0 Å². The van der Waals surface area contributed by atoms with Crippen molar-refractivity contribution in [1.82, 2.24) is 15.1 Å². The maximum Gasteiger partial charge on any atom is 0.317 e. The average molecular weight is 302 g/mol. The molecule has 0 aromatic heterocycles. The van der Waals surface area contributed by atoms with E-state index in [1.165, 1.54) is 12.2 Å². The van der Waals surface area contributed by atoms with E-state index in [4.69, 9.17) is 0 Å². The molecule has 1 fully saturated rings. The summed E-state index contributed by atoms with van der Waals surface area (Å²) in [4.78, 5) is 16.3. The summed E-state index contributed by atoms with van der Waals surface area (Å²) in [5.74, 6) is 1.17. The highest BCUT2D eigenvalue weighted by Gasteiger charge is 2.30. The maximum atomic E-state index is 12.3. The summed E-state index contributed by atoms with van der Waals surface area (Å²) in [6.07, 6.45) is 3.52. The van der Waals surface area contributed by atoms with Crippen molar-refractivity contribution in [3.63, 3.8) is 0 Å². The molecular formula is C15H31N3OS. The lowest BCUT2D eigenvalue weighted by atomic mass is 10.0. The van der Waals surface area contributed by atoms with Crippen molar-refractivity contribution in [1.29, 1.82) is 0 Å². The first-order chi connectivity index (χ1) is 9.27. The number of carbonyl (C=O) groups is 1. The first kappa shape index (κ1) is 17.6. The Kier molecular flexibility index (Phi) is 6.65. The Morgan fingerprint density at radius 2 is 1.95 bits per heavy atom. The Bertz CT molecular complexity index is 320. The fourth-order valence-corrected chi connectivity index (χ4v) is 3.53. The molecule has 0 heterocycles. The second kappa shape index (κ2) is 7.55. The Morgan fingerprint density at radius 3 is 2.50 bits per heavy atom. The molecular weight excluding hydrogens is 270 g/mol. The second-order valence-corrected chi connectivity index (χ2v) is 8.10. The number of thioether (sulfide) groups is 1. The van der Waals surface area contributed by atoms with Gasteiger partial charge in [0.2, 0.25) is 0 Å². The lowest BCUT2D eigenvalue weighted by Gasteiger charge is -2.34. The standard InChI is InChI=1S/C15H31N3OS/c1-7-20-13-9-8-12(10-13)18(6)14(19)16-11-15(2,3)17(4)5/h12-13H,7-11H2,1-6H3,(H,16,19)/t12-,13+/m0/s1. The van der Waals surface area contributed by atoms with Gasteiger partial charge < -0.3 is 15.1 Å². The Morgan fingerprint density at radius 1 is 1.30 bits per heavy atom. The van der Waals surface area contributed by atoms with Crippen molar-refractivity contribution in [2.24, 2.45) is 0 Å². The van der Waals surface area contributed by atoms with Crippen LogP contribution in [0.2, 0.25) is 0 Å². The number of rotatable bonds is 6. The van der Waals surface area contributed by atoms with Crippen LogP contribution in [0, 0.1) is 0 Å². The molecule has 4 nitrogen and oxygen atoms in total. The zero-order chi connectivity index (χ0) is 15.3. The van der Waals surface area contributed by atoms with Gasteiger partial charge in [0.1, 0.15) is 0 Å². The van der Waals surface area contributed by atoms with Gasteiger partial charge in [-0.1, -0.05) is 6.92 Å². The molecule has 1 aliphatic rings. The topological polar surface area (TPSA) is 35.6 Å². The number of carbonyl (C=O) groups excluding carboxylic acids is 1. The molecule has 1 aliphatic carbocycles. The molecule has 0 saturated heterocycles. The molecule has 118 valence electrons. The van der Waals surface area contributed by atoms with Crippen LogP contribution in [0.25, 0.3) is 0 Å². The minimum atomic E-state index is -0.0211. The van der Waals surface area contributed by atoms with Crippen molar-refractivity contribution >= 4 is 17.8 Å². The van der Waals surface area contributed by atoms with Crippen LogP contribution in [0.5, 0.6) is 0 Å². The molecule has 2 atom stereocenters. The zero-order valence-corrected chi connectivity index (χ0v) is 14.7. The number of nitrogens with zero attached hydrogens (tertiary/aromatic N) is 2. The van der Waals surface area contributed by atoms with Gasteiger partial charge in [0.05, 0.1) is 0 Å². The fourth-order valence-electron chi connectivity index (χ4n) is 2.40. The maximum absolute atomic E-state index is 12.3. The van der Waals surface area contributed by atoms with Gasteiger partial charge in [-0.15, -0.1) is 0 Å². The van der Waals surface area contributed by atoms with Crippen LogP contribution in [-0.2, 0) is 0 Å². The van der Waals surface area contributed by atoms with Gasteiger partial charge in [-0.2, -0.15) is 11.8 Å². The third kappa shape index (κ3) is 4.85. The number of amides is 2. The molecule has 0 aromatic rings. The van der Waals surface area contributed by atoms with Gasteiger partial charge in [-0.3, -0.25) is 0 Å². The van der Waals surface area contributed by atoms with Crippen molar-refractivity contribution in [3.8, 4) is 0 Å². The lowest BCUT2D eigenvalue weighted by Crippen LogP contribution is -2.51. The van der Waals surface area contributed by atoms with Crippen LogP contribution < -0.4 is 5.32 Å². The average Bonchev–Trinajstić information content (AvgIpc) is 2.84. The van der Waals surface area contributed by atoms with Gasteiger partial charge in [0.15, 0.2) is 0 Å². The van der Waals surface area contributed by atoms with Gasteiger partial charge in [-0.05, 0) is 53.0 Å².